The third kappa shape index (κ3) is 2.32. The molecular formula is C10H19. The van der Waals surface area contributed by atoms with E-state index in [0.29, 0.717) is 0 Å². The van der Waals surface area contributed by atoms with Gasteiger partial charge in [-0.1, -0.05) is 52.4 Å². The van der Waals surface area contributed by atoms with Gasteiger partial charge in [-0.25, -0.2) is 0 Å². The molecule has 10 heavy (non-hydrogen) atoms. The average Bonchev–Trinajstić information content (AvgIpc) is 1.95. The van der Waals surface area contributed by atoms with Gasteiger partial charge in [-0.05, 0) is 11.8 Å². The Morgan fingerprint density at radius 2 is 1.80 bits per heavy atom. The molecule has 1 aliphatic rings. The highest BCUT2D eigenvalue weighted by molar-refractivity contribution is 4.73. The molecule has 1 rings (SSSR count). The molecule has 1 radical (unpaired) electrons. The first-order valence-corrected chi connectivity index (χ1v) is 4.66. The molecule has 0 aromatic carbocycles. The zero-order valence-electron chi connectivity index (χ0n) is 7.10. The van der Waals surface area contributed by atoms with Crippen LogP contribution in [0.15, 0.2) is 0 Å². The summed E-state index contributed by atoms with van der Waals surface area (Å²) in [5.74, 6) is 1.82. The average molecular weight is 139 g/mol. The van der Waals surface area contributed by atoms with Crippen LogP contribution in [0.1, 0.15) is 45.4 Å². The van der Waals surface area contributed by atoms with E-state index >= 15 is 0 Å². The molecule has 0 unspecified atom stereocenters. The highest BCUT2D eigenvalue weighted by atomic mass is 14.2. The molecule has 1 aliphatic carbocycles. The second-order valence-electron chi connectivity index (χ2n) is 3.68. The molecule has 0 heterocycles. The van der Waals surface area contributed by atoms with E-state index < -0.39 is 0 Å². The lowest BCUT2D eigenvalue weighted by Crippen LogP contribution is -2.11. The molecule has 1 fully saturated rings. The van der Waals surface area contributed by atoms with E-state index in [1.807, 2.05) is 0 Å². The van der Waals surface area contributed by atoms with Gasteiger partial charge in [0.2, 0.25) is 0 Å². The highest BCUT2D eigenvalue weighted by Gasteiger charge is 2.16. The first-order valence-electron chi connectivity index (χ1n) is 4.66. The van der Waals surface area contributed by atoms with Crippen molar-refractivity contribution in [3.63, 3.8) is 0 Å². The molecular weight excluding hydrogens is 120 g/mol. The second-order valence-corrected chi connectivity index (χ2v) is 3.68. The second kappa shape index (κ2) is 4.00. The molecule has 0 nitrogen and oxygen atoms in total. The van der Waals surface area contributed by atoms with Gasteiger partial charge >= 0.3 is 0 Å². The summed E-state index contributed by atoms with van der Waals surface area (Å²) < 4.78 is 0. The Bertz CT molecular complexity index is 78.0. The number of hydrogen-bond acceptors (Lipinski definition) is 0. The van der Waals surface area contributed by atoms with Gasteiger partial charge in [-0.3, -0.25) is 0 Å². The van der Waals surface area contributed by atoms with Crippen molar-refractivity contribution >= 4 is 0 Å². The maximum atomic E-state index is 4.09. The molecule has 0 amide bonds. The lowest BCUT2D eigenvalue weighted by molar-refractivity contribution is 0.293. The Kier molecular flexibility index (Phi) is 3.24. The lowest BCUT2D eigenvalue weighted by Gasteiger charge is -2.25. The minimum Gasteiger partial charge on any atom is -0.0654 e. The molecule has 0 N–H and O–H groups in total. The maximum Gasteiger partial charge on any atom is -0.0414 e. The van der Waals surface area contributed by atoms with Crippen molar-refractivity contribution < 1.29 is 0 Å². The molecule has 1 saturated carbocycles. The van der Waals surface area contributed by atoms with Gasteiger partial charge in [0.15, 0.2) is 0 Å². The van der Waals surface area contributed by atoms with Crippen molar-refractivity contribution in [3.8, 4) is 0 Å². The van der Waals surface area contributed by atoms with Crippen molar-refractivity contribution in [3.05, 3.63) is 6.92 Å². The van der Waals surface area contributed by atoms with Gasteiger partial charge in [0.25, 0.3) is 0 Å². The van der Waals surface area contributed by atoms with Gasteiger partial charge in [0, 0.05) is 0 Å². The predicted octanol–water partition coefficient (Wildman–Crippen LogP) is 3.43. The lowest BCUT2D eigenvalue weighted by atomic mass is 9.81. The predicted molar refractivity (Wildman–Crippen MR) is 45.7 cm³/mol. The van der Waals surface area contributed by atoms with Crippen LogP contribution < -0.4 is 0 Å². The van der Waals surface area contributed by atoms with Crippen LogP contribution in [0.5, 0.6) is 0 Å². The highest BCUT2D eigenvalue weighted by Crippen LogP contribution is 2.30. The van der Waals surface area contributed by atoms with Crippen LogP contribution in [0, 0.1) is 18.8 Å². The summed E-state index contributed by atoms with van der Waals surface area (Å²) in [7, 11) is 0. The van der Waals surface area contributed by atoms with Crippen LogP contribution in [-0.4, -0.2) is 0 Å². The van der Waals surface area contributed by atoms with Crippen molar-refractivity contribution in [2.45, 2.75) is 45.4 Å². The Labute approximate surface area is 65.0 Å². The molecule has 0 saturated heterocycles. The summed E-state index contributed by atoms with van der Waals surface area (Å²) in [6, 6.07) is 0. The van der Waals surface area contributed by atoms with Crippen LogP contribution in [0.25, 0.3) is 0 Å². The van der Waals surface area contributed by atoms with Gasteiger partial charge in [0.05, 0.1) is 0 Å². The maximum absolute atomic E-state index is 4.09. The number of rotatable bonds is 2. The third-order valence-electron chi connectivity index (χ3n) is 2.66. The van der Waals surface area contributed by atoms with Gasteiger partial charge in [-0.2, -0.15) is 0 Å². The summed E-state index contributed by atoms with van der Waals surface area (Å²) in [6.45, 7) is 6.38. The number of hydrogen-bond donors (Lipinski definition) is 0. The summed E-state index contributed by atoms with van der Waals surface area (Å²) >= 11 is 0. The van der Waals surface area contributed by atoms with E-state index in [-0.39, 0.29) is 0 Å². The fraction of sp³-hybridized carbons (Fsp3) is 0.900. The molecule has 0 spiro atoms. The van der Waals surface area contributed by atoms with E-state index in [1.54, 1.807) is 0 Å². The standard InChI is InChI=1S/C10H19/c1-3-4-10-7-5-9(2)6-8-10/h9-10H,2-8H2,1H3. The van der Waals surface area contributed by atoms with E-state index in [1.165, 1.54) is 38.5 Å². The smallest absolute Gasteiger partial charge is 0.0414 e. The molecule has 0 aromatic heterocycles. The third-order valence-corrected chi connectivity index (χ3v) is 2.66. The zero-order chi connectivity index (χ0) is 7.40. The molecule has 0 aromatic rings. The minimum atomic E-state index is 0.771. The van der Waals surface area contributed by atoms with Crippen molar-refractivity contribution in [2.24, 2.45) is 11.8 Å². The van der Waals surface area contributed by atoms with Crippen molar-refractivity contribution in [1.29, 1.82) is 0 Å². The van der Waals surface area contributed by atoms with Crippen LogP contribution in [-0.2, 0) is 0 Å². The van der Waals surface area contributed by atoms with Crippen LogP contribution >= 0.6 is 0 Å². The van der Waals surface area contributed by atoms with E-state index in [9.17, 15) is 0 Å². The Morgan fingerprint density at radius 1 is 1.20 bits per heavy atom. The van der Waals surface area contributed by atoms with Crippen molar-refractivity contribution in [2.75, 3.05) is 0 Å². The summed E-state index contributed by atoms with van der Waals surface area (Å²) in [5.41, 5.74) is 0. The van der Waals surface area contributed by atoms with E-state index in [4.69, 9.17) is 0 Å². The van der Waals surface area contributed by atoms with E-state index in [0.717, 1.165) is 11.8 Å². The quantitative estimate of drug-likeness (QED) is 0.550. The monoisotopic (exact) mass is 139 g/mol. The fourth-order valence-electron chi connectivity index (χ4n) is 1.93. The summed E-state index contributed by atoms with van der Waals surface area (Å²) in [4.78, 5) is 0. The minimum absolute atomic E-state index is 0.771. The van der Waals surface area contributed by atoms with E-state index in [2.05, 4.69) is 13.8 Å². The Balaban J connectivity index is 2.13. The molecule has 0 heteroatoms. The summed E-state index contributed by atoms with van der Waals surface area (Å²) in [6.07, 6.45) is 8.47. The van der Waals surface area contributed by atoms with Crippen molar-refractivity contribution in [1.82, 2.24) is 0 Å². The van der Waals surface area contributed by atoms with Crippen LogP contribution in [0.3, 0.4) is 0 Å². The SMILES string of the molecule is [CH2]C1CCC(CCC)CC1. The molecule has 0 aliphatic heterocycles. The normalized spacial score (nSPS) is 34.2. The topological polar surface area (TPSA) is 0 Å². The van der Waals surface area contributed by atoms with Crippen LogP contribution in [0.2, 0.25) is 0 Å². The largest absolute Gasteiger partial charge is 0.0654 e. The van der Waals surface area contributed by atoms with Gasteiger partial charge < -0.3 is 0 Å². The fourth-order valence-corrected chi connectivity index (χ4v) is 1.93. The molecule has 59 valence electrons. The molecule has 0 atom stereocenters. The first-order chi connectivity index (χ1) is 4.83. The Morgan fingerprint density at radius 3 is 2.30 bits per heavy atom. The summed E-state index contributed by atoms with van der Waals surface area (Å²) in [5, 5.41) is 0. The van der Waals surface area contributed by atoms with Gasteiger partial charge in [0.1, 0.15) is 0 Å². The van der Waals surface area contributed by atoms with Crippen LogP contribution in [0.4, 0.5) is 0 Å². The van der Waals surface area contributed by atoms with Gasteiger partial charge in [-0.15, -0.1) is 0 Å². The first kappa shape index (κ1) is 8.10. The zero-order valence-corrected chi connectivity index (χ0v) is 7.10. The Hall–Kier alpha value is 0. The molecule has 0 bridgehead atoms.